The molecule has 0 amide bonds. The van der Waals surface area contributed by atoms with Gasteiger partial charge < -0.3 is 5.11 Å². The average molecular weight is 174 g/mol. The molecule has 1 aromatic rings. The Balaban J connectivity index is 2.62. The van der Waals surface area contributed by atoms with Gasteiger partial charge >= 0.3 is 0 Å². The van der Waals surface area contributed by atoms with Crippen LogP contribution in [-0.4, -0.2) is 10.1 Å². The van der Waals surface area contributed by atoms with E-state index in [2.05, 4.69) is 11.1 Å². The first kappa shape index (κ1) is 8.21. The largest absolute Gasteiger partial charge is 0.387 e. The van der Waals surface area contributed by atoms with Crippen LogP contribution in [0.15, 0.2) is 6.20 Å². The van der Waals surface area contributed by atoms with Gasteiger partial charge in [-0.2, -0.15) is 5.26 Å². The molecule has 0 unspecified atom stereocenters. The molecule has 0 aliphatic heterocycles. The Kier molecular flexibility index (Phi) is 1.78. The second kappa shape index (κ2) is 2.82. The fourth-order valence-electron chi connectivity index (χ4n) is 1.80. The first-order valence-electron chi connectivity index (χ1n) is 4.30. The molecule has 0 saturated heterocycles. The minimum absolute atomic E-state index is 0.429. The van der Waals surface area contributed by atoms with Gasteiger partial charge in [-0.1, -0.05) is 0 Å². The zero-order chi connectivity index (χ0) is 9.42. The van der Waals surface area contributed by atoms with Crippen molar-refractivity contribution in [2.24, 2.45) is 0 Å². The highest BCUT2D eigenvalue weighted by atomic mass is 16.3. The maximum atomic E-state index is 9.52. The van der Waals surface area contributed by atoms with E-state index >= 15 is 0 Å². The summed E-state index contributed by atoms with van der Waals surface area (Å²) >= 11 is 0. The number of hydrogen-bond acceptors (Lipinski definition) is 3. The van der Waals surface area contributed by atoms with E-state index in [1.54, 1.807) is 6.20 Å². The molecule has 0 spiro atoms. The van der Waals surface area contributed by atoms with Crippen molar-refractivity contribution >= 4 is 0 Å². The molecule has 0 fully saturated rings. The molecule has 1 atom stereocenters. The van der Waals surface area contributed by atoms with Crippen LogP contribution in [0, 0.1) is 18.3 Å². The van der Waals surface area contributed by atoms with Gasteiger partial charge in [0.1, 0.15) is 6.07 Å². The summed E-state index contributed by atoms with van der Waals surface area (Å²) in [6.07, 6.45) is 2.69. The summed E-state index contributed by atoms with van der Waals surface area (Å²) in [5.41, 5.74) is 3.42. The van der Waals surface area contributed by atoms with Crippen LogP contribution in [0.4, 0.5) is 0 Å². The van der Waals surface area contributed by atoms with Crippen LogP contribution in [0.5, 0.6) is 0 Å². The Bertz CT molecular complexity index is 393. The fraction of sp³-hybridized carbons (Fsp3) is 0.400. The molecule has 1 N–H and O–H groups in total. The van der Waals surface area contributed by atoms with E-state index in [0.29, 0.717) is 5.56 Å². The monoisotopic (exact) mass is 174 g/mol. The van der Waals surface area contributed by atoms with Crippen molar-refractivity contribution in [1.82, 2.24) is 4.98 Å². The molecule has 66 valence electrons. The number of hydrogen-bond donors (Lipinski definition) is 1. The van der Waals surface area contributed by atoms with Gasteiger partial charge in [0.05, 0.1) is 17.4 Å². The highest BCUT2D eigenvalue weighted by molar-refractivity contribution is 5.44. The molecule has 2 rings (SSSR count). The number of nitriles is 1. The maximum absolute atomic E-state index is 9.52. The van der Waals surface area contributed by atoms with Crippen molar-refractivity contribution < 1.29 is 5.11 Å². The molecule has 1 heterocycles. The quantitative estimate of drug-likeness (QED) is 0.643. The molecule has 1 aliphatic rings. The van der Waals surface area contributed by atoms with E-state index in [4.69, 9.17) is 5.26 Å². The van der Waals surface area contributed by atoms with Gasteiger partial charge in [0.2, 0.25) is 0 Å². The van der Waals surface area contributed by atoms with Crippen LogP contribution in [0.2, 0.25) is 0 Å². The first-order chi connectivity index (χ1) is 6.24. The normalized spacial score (nSPS) is 19.6. The minimum Gasteiger partial charge on any atom is -0.387 e. The lowest BCUT2D eigenvalue weighted by Crippen LogP contribution is -1.98. The van der Waals surface area contributed by atoms with E-state index in [1.807, 2.05) is 6.92 Å². The predicted molar refractivity (Wildman–Crippen MR) is 47.0 cm³/mol. The first-order valence-corrected chi connectivity index (χ1v) is 4.30. The molecular formula is C10H10N2O. The minimum atomic E-state index is -0.429. The van der Waals surface area contributed by atoms with Crippen molar-refractivity contribution in [3.63, 3.8) is 0 Å². The highest BCUT2D eigenvalue weighted by Gasteiger charge is 2.24. The number of fused-ring (bicyclic) bond motifs is 1. The molecule has 0 aromatic carbocycles. The number of aromatic nitrogens is 1. The zero-order valence-corrected chi connectivity index (χ0v) is 7.41. The summed E-state index contributed by atoms with van der Waals surface area (Å²) in [6.45, 7) is 1.91. The van der Waals surface area contributed by atoms with Crippen LogP contribution in [0.3, 0.4) is 0 Å². The number of rotatable bonds is 0. The summed E-state index contributed by atoms with van der Waals surface area (Å²) in [6, 6.07) is 2.10. The Morgan fingerprint density at radius 2 is 2.46 bits per heavy atom. The Morgan fingerprint density at radius 1 is 1.69 bits per heavy atom. The smallest absolute Gasteiger partial charge is 0.101 e. The van der Waals surface area contributed by atoms with Gasteiger partial charge in [0, 0.05) is 6.20 Å². The van der Waals surface area contributed by atoms with Gasteiger partial charge in [-0.15, -0.1) is 0 Å². The van der Waals surface area contributed by atoms with E-state index < -0.39 is 6.10 Å². The topological polar surface area (TPSA) is 56.9 Å². The van der Waals surface area contributed by atoms with Crippen LogP contribution < -0.4 is 0 Å². The third-order valence-electron chi connectivity index (χ3n) is 2.60. The van der Waals surface area contributed by atoms with Gasteiger partial charge in [-0.25, -0.2) is 0 Å². The number of nitrogens with zero attached hydrogens (tertiary/aromatic N) is 2. The van der Waals surface area contributed by atoms with Gasteiger partial charge in [-0.3, -0.25) is 4.98 Å². The van der Waals surface area contributed by atoms with Crippen LogP contribution >= 0.6 is 0 Å². The molecular weight excluding hydrogens is 164 g/mol. The van der Waals surface area contributed by atoms with Gasteiger partial charge in [0.15, 0.2) is 0 Å². The molecule has 3 heteroatoms. The van der Waals surface area contributed by atoms with Crippen LogP contribution in [-0.2, 0) is 6.42 Å². The maximum Gasteiger partial charge on any atom is 0.101 e. The van der Waals surface area contributed by atoms with Crippen molar-refractivity contribution in [3.05, 3.63) is 28.6 Å². The average Bonchev–Trinajstić information content (AvgIpc) is 2.50. The highest BCUT2D eigenvalue weighted by Crippen LogP contribution is 2.32. The van der Waals surface area contributed by atoms with Crippen molar-refractivity contribution in [3.8, 4) is 6.07 Å². The summed E-state index contributed by atoms with van der Waals surface area (Å²) in [7, 11) is 0. The second-order valence-electron chi connectivity index (χ2n) is 3.33. The van der Waals surface area contributed by atoms with Crippen molar-refractivity contribution in [2.75, 3.05) is 0 Å². The third kappa shape index (κ3) is 1.11. The summed E-state index contributed by atoms with van der Waals surface area (Å²) in [5.74, 6) is 0. The van der Waals surface area contributed by atoms with E-state index in [-0.39, 0.29) is 0 Å². The lowest BCUT2D eigenvalue weighted by atomic mass is 10.0. The molecule has 1 aromatic heterocycles. The lowest BCUT2D eigenvalue weighted by molar-refractivity contribution is 0.176. The molecule has 0 bridgehead atoms. The summed E-state index contributed by atoms with van der Waals surface area (Å²) in [5, 5.41) is 18.3. The number of aliphatic hydroxyl groups excluding tert-OH is 1. The zero-order valence-electron chi connectivity index (χ0n) is 7.41. The molecule has 0 radical (unpaired) electrons. The van der Waals surface area contributed by atoms with Crippen LogP contribution in [0.25, 0.3) is 0 Å². The van der Waals surface area contributed by atoms with Crippen molar-refractivity contribution in [2.45, 2.75) is 25.9 Å². The fourth-order valence-corrected chi connectivity index (χ4v) is 1.80. The van der Waals surface area contributed by atoms with Gasteiger partial charge in [-0.05, 0) is 30.9 Å². The SMILES string of the molecule is Cc1c(C#N)cnc2c1CC[C@H]2O. The van der Waals surface area contributed by atoms with E-state index in [0.717, 1.165) is 29.7 Å². The second-order valence-corrected chi connectivity index (χ2v) is 3.33. The number of pyridine rings is 1. The summed E-state index contributed by atoms with van der Waals surface area (Å²) < 4.78 is 0. The molecule has 3 nitrogen and oxygen atoms in total. The van der Waals surface area contributed by atoms with Crippen molar-refractivity contribution in [1.29, 1.82) is 5.26 Å². The third-order valence-corrected chi connectivity index (χ3v) is 2.60. The molecule has 0 saturated carbocycles. The molecule has 13 heavy (non-hydrogen) atoms. The molecule has 1 aliphatic carbocycles. The Morgan fingerprint density at radius 3 is 3.15 bits per heavy atom. The Labute approximate surface area is 76.7 Å². The van der Waals surface area contributed by atoms with E-state index in [9.17, 15) is 5.11 Å². The number of aliphatic hydroxyl groups is 1. The Hall–Kier alpha value is -1.40. The van der Waals surface area contributed by atoms with Gasteiger partial charge in [0.25, 0.3) is 0 Å². The lowest BCUT2D eigenvalue weighted by Gasteiger charge is -2.05. The van der Waals surface area contributed by atoms with Crippen LogP contribution in [0.1, 0.15) is 34.9 Å². The van der Waals surface area contributed by atoms with E-state index in [1.165, 1.54) is 0 Å². The standard InChI is InChI=1S/C10H10N2O/c1-6-7(4-11)5-12-10-8(6)2-3-9(10)13/h5,9,13H,2-3H2,1H3/t9-/m1/s1. The predicted octanol–water partition coefficient (Wildman–Crippen LogP) is 1.24. The summed E-state index contributed by atoms with van der Waals surface area (Å²) in [4.78, 5) is 4.10.